The Labute approximate surface area is 153 Å². The van der Waals surface area contributed by atoms with E-state index in [-0.39, 0.29) is 17.3 Å². The van der Waals surface area contributed by atoms with Gasteiger partial charge in [-0.3, -0.25) is 4.79 Å². The molecule has 1 saturated heterocycles. The molecule has 7 nitrogen and oxygen atoms in total. The second-order valence-corrected chi connectivity index (χ2v) is 6.69. The molecule has 1 aliphatic heterocycles. The van der Waals surface area contributed by atoms with Gasteiger partial charge in [-0.2, -0.15) is 0 Å². The zero-order valence-electron chi connectivity index (χ0n) is 14.9. The summed E-state index contributed by atoms with van der Waals surface area (Å²) in [6.45, 7) is 4.32. The van der Waals surface area contributed by atoms with Crippen molar-refractivity contribution < 1.29 is 9.53 Å². The third-order valence-corrected chi connectivity index (χ3v) is 4.80. The van der Waals surface area contributed by atoms with Crippen LogP contribution < -0.4 is 16.4 Å². The molecule has 1 aromatic carbocycles. The van der Waals surface area contributed by atoms with E-state index >= 15 is 0 Å². The van der Waals surface area contributed by atoms with Crippen LogP contribution in [0.4, 0.5) is 5.82 Å². The molecule has 138 valence electrons. The zero-order chi connectivity index (χ0) is 18.4. The lowest BCUT2D eigenvalue weighted by molar-refractivity contribution is 0.0389. The van der Waals surface area contributed by atoms with E-state index in [0.717, 1.165) is 26.1 Å². The molecule has 1 aromatic heterocycles. The van der Waals surface area contributed by atoms with Crippen LogP contribution in [0.5, 0.6) is 0 Å². The molecule has 4 N–H and O–H groups in total. The molecule has 1 aliphatic rings. The number of anilines is 1. The summed E-state index contributed by atoms with van der Waals surface area (Å²) in [6.07, 6.45) is 1.81. The molecule has 2 heterocycles. The van der Waals surface area contributed by atoms with Crippen molar-refractivity contribution in [2.75, 3.05) is 25.1 Å². The number of hydrogen-bond acceptors (Lipinski definition) is 6. The lowest BCUT2D eigenvalue weighted by Crippen LogP contribution is -2.54. The van der Waals surface area contributed by atoms with Crippen molar-refractivity contribution in [3.05, 3.63) is 53.7 Å². The molecule has 1 unspecified atom stereocenters. The highest BCUT2D eigenvalue weighted by Gasteiger charge is 2.33. The Bertz CT molecular complexity index is 714. The summed E-state index contributed by atoms with van der Waals surface area (Å²) in [5.41, 5.74) is 6.51. The molecular formula is C19H25N5O2. The molecular weight excluding hydrogens is 330 g/mol. The van der Waals surface area contributed by atoms with Crippen LogP contribution in [-0.4, -0.2) is 41.4 Å². The predicted octanol–water partition coefficient (Wildman–Crippen LogP) is 1.89. The molecule has 7 heteroatoms. The maximum atomic E-state index is 11.1. The molecule has 1 amide bonds. The van der Waals surface area contributed by atoms with Gasteiger partial charge < -0.3 is 21.1 Å². The standard InChI is InChI=1S/C19H25N5O2/c1-14(15-5-3-2-4-6-15)22-19(9-11-26-12-10-19)13-21-17-8-7-16(18(20)25)23-24-17/h2-8,14,22H,9-13H2,1H3,(H2,20,25)(H,21,24). The number of amides is 1. The van der Waals surface area contributed by atoms with E-state index < -0.39 is 5.91 Å². The van der Waals surface area contributed by atoms with E-state index in [9.17, 15) is 4.79 Å². The second-order valence-electron chi connectivity index (χ2n) is 6.69. The smallest absolute Gasteiger partial charge is 0.269 e. The van der Waals surface area contributed by atoms with Gasteiger partial charge in [0, 0.05) is 31.3 Å². The van der Waals surface area contributed by atoms with E-state index in [1.54, 1.807) is 12.1 Å². The van der Waals surface area contributed by atoms with Gasteiger partial charge in [0.05, 0.1) is 0 Å². The Morgan fingerprint density at radius 2 is 1.92 bits per heavy atom. The van der Waals surface area contributed by atoms with E-state index in [0.29, 0.717) is 12.4 Å². The first-order valence-electron chi connectivity index (χ1n) is 8.86. The van der Waals surface area contributed by atoms with Gasteiger partial charge in [0.2, 0.25) is 0 Å². The first-order chi connectivity index (χ1) is 12.6. The quantitative estimate of drug-likeness (QED) is 0.701. The Balaban J connectivity index is 1.68. The van der Waals surface area contributed by atoms with Crippen LogP contribution in [0.2, 0.25) is 0 Å². The van der Waals surface area contributed by atoms with Gasteiger partial charge in [-0.15, -0.1) is 10.2 Å². The van der Waals surface area contributed by atoms with Crippen molar-refractivity contribution in [2.24, 2.45) is 5.73 Å². The summed E-state index contributed by atoms with van der Waals surface area (Å²) in [5.74, 6) is 0.0401. The number of nitrogens with zero attached hydrogens (tertiary/aromatic N) is 2. The molecule has 0 saturated carbocycles. The van der Waals surface area contributed by atoms with Crippen molar-refractivity contribution in [1.82, 2.24) is 15.5 Å². The second kappa shape index (κ2) is 8.25. The van der Waals surface area contributed by atoms with E-state index in [1.807, 2.05) is 6.07 Å². The summed E-state index contributed by atoms with van der Waals surface area (Å²) in [5, 5.41) is 15.0. The molecule has 2 aromatic rings. The fourth-order valence-corrected chi connectivity index (χ4v) is 3.24. The number of benzene rings is 1. The number of nitrogens with one attached hydrogen (secondary N) is 2. The Kier molecular flexibility index (Phi) is 5.80. The van der Waals surface area contributed by atoms with Crippen molar-refractivity contribution in [3.8, 4) is 0 Å². The summed E-state index contributed by atoms with van der Waals surface area (Å²) in [7, 11) is 0. The van der Waals surface area contributed by atoms with E-state index in [1.165, 1.54) is 5.56 Å². The molecule has 1 atom stereocenters. The Hall–Kier alpha value is -2.51. The fraction of sp³-hybridized carbons (Fsp3) is 0.421. The molecule has 3 rings (SSSR count). The number of carbonyl (C=O) groups excluding carboxylic acids is 1. The SMILES string of the molecule is CC(NC1(CNc2ccc(C(N)=O)nn2)CCOCC1)c1ccccc1. The van der Waals surface area contributed by atoms with E-state index in [4.69, 9.17) is 10.5 Å². The first-order valence-corrected chi connectivity index (χ1v) is 8.86. The van der Waals surface area contributed by atoms with Gasteiger partial charge in [0.15, 0.2) is 5.69 Å². The van der Waals surface area contributed by atoms with Crippen molar-refractivity contribution in [1.29, 1.82) is 0 Å². The van der Waals surface area contributed by atoms with Crippen LogP contribution in [0.25, 0.3) is 0 Å². The summed E-state index contributed by atoms with van der Waals surface area (Å²) in [6, 6.07) is 13.9. The van der Waals surface area contributed by atoms with Crippen LogP contribution in [0.3, 0.4) is 0 Å². The van der Waals surface area contributed by atoms with Crippen LogP contribution in [0.15, 0.2) is 42.5 Å². The third-order valence-electron chi connectivity index (χ3n) is 4.80. The molecule has 0 spiro atoms. The van der Waals surface area contributed by atoms with Crippen LogP contribution in [0.1, 0.15) is 41.9 Å². The fourth-order valence-electron chi connectivity index (χ4n) is 3.24. The largest absolute Gasteiger partial charge is 0.381 e. The summed E-state index contributed by atoms with van der Waals surface area (Å²) >= 11 is 0. The van der Waals surface area contributed by atoms with Gasteiger partial charge in [-0.25, -0.2) is 0 Å². The maximum absolute atomic E-state index is 11.1. The number of ether oxygens (including phenoxy) is 1. The van der Waals surface area contributed by atoms with Gasteiger partial charge in [-0.05, 0) is 37.5 Å². The lowest BCUT2D eigenvalue weighted by Gasteiger charge is -2.40. The molecule has 0 bridgehead atoms. The number of nitrogens with two attached hydrogens (primary N) is 1. The van der Waals surface area contributed by atoms with Crippen molar-refractivity contribution >= 4 is 11.7 Å². The Morgan fingerprint density at radius 3 is 2.54 bits per heavy atom. The topological polar surface area (TPSA) is 102 Å². The van der Waals surface area contributed by atoms with Gasteiger partial charge in [0.25, 0.3) is 5.91 Å². The minimum Gasteiger partial charge on any atom is -0.381 e. The summed E-state index contributed by atoms with van der Waals surface area (Å²) in [4.78, 5) is 11.1. The average Bonchev–Trinajstić information content (AvgIpc) is 2.68. The number of aromatic nitrogens is 2. The minimum absolute atomic E-state index is 0.0997. The first kappa shape index (κ1) is 18.3. The molecule has 1 fully saturated rings. The predicted molar refractivity (Wildman–Crippen MR) is 99.8 cm³/mol. The van der Waals surface area contributed by atoms with Gasteiger partial charge in [-0.1, -0.05) is 30.3 Å². The van der Waals surface area contributed by atoms with Crippen LogP contribution in [-0.2, 0) is 4.74 Å². The number of carbonyl (C=O) groups is 1. The maximum Gasteiger partial charge on any atom is 0.269 e. The molecule has 26 heavy (non-hydrogen) atoms. The molecule has 0 radical (unpaired) electrons. The number of hydrogen-bond donors (Lipinski definition) is 3. The normalized spacial score (nSPS) is 17.4. The van der Waals surface area contributed by atoms with Gasteiger partial charge in [0.1, 0.15) is 5.82 Å². The van der Waals surface area contributed by atoms with E-state index in [2.05, 4.69) is 52.0 Å². The minimum atomic E-state index is -0.580. The van der Waals surface area contributed by atoms with Gasteiger partial charge >= 0.3 is 0 Å². The van der Waals surface area contributed by atoms with Crippen LogP contribution in [0, 0.1) is 0 Å². The van der Waals surface area contributed by atoms with Crippen molar-refractivity contribution in [3.63, 3.8) is 0 Å². The van der Waals surface area contributed by atoms with Crippen molar-refractivity contribution in [2.45, 2.75) is 31.3 Å². The monoisotopic (exact) mass is 355 g/mol. The highest BCUT2D eigenvalue weighted by Crippen LogP contribution is 2.26. The highest BCUT2D eigenvalue weighted by molar-refractivity contribution is 5.90. The average molecular weight is 355 g/mol. The summed E-state index contributed by atoms with van der Waals surface area (Å²) < 4.78 is 5.56. The Morgan fingerprint density at radius 1 is 1.19 bits per heavy atom. The third kappa shape index (κ3) is 4.56. The highest BCUT2D eigenvalue weighted by atomic mass is 16.5. The number of rotatable bonds is 7. The number of primary amides is 1. The molecule has 0 aliphatic carbocycles. The van der Waals surface area contributed by atoms with Crippen LogP contribution >= 0.6 is 0 Å². The zero-order valence-corrected chi connectivity index (χ0v) is 14.9. The lowest BCUT2D eigenvalue weighted by atomic mass is 9.88.